The lowest BCUT2D eigenvalue weighted by molar-refractivity contribution is 0.0807. The molecule has 4 aromatic rings. The third-order valence-electron chi connectivity index (χ3n) is 5.37. The molecular weight excluding hydrogens is 398 g/mol. The molecule has 1 aliphatic rings. The van der Waals surface area contributed by atoms with Gasteiger partial charge < -0.3 is 14.8 Å². The number of aromatic nitrogens is 2. The molecule has 0 saturated carbocycles. The highest BCUT2D eigenvalue weighted by Crippen LogP contribution is 2.27. The first-order valence-corrected chi connectivity index (χ1v) is 10.8. The van der Waals surface area contributed by atoms with Gasteiger partial charge in [-0.15, -0.1) is 0 Å². The molecule has 0 spiro atoms. The molecule has 3 aromatic carbocycles. The number of anilines is 2. The minimum atomic E-state index is 0.403. The second-order valence-corrected chi connectivity index (χ2v) is 7.67. The maximum atomic E-state index is 5.87. The van der Waals surface area contributed by atoms with Gasteiger partial charge in [0.25, 0.3) is 0 Å². The van der Waals surface area contributed by atoms with Crippen molar-refractivity contribution < 1.29 is 9.47 Å². The molecule has 2 heterocycles. The summed E-state index contributed by atoms with van der Waals surface area (Å²) >= 11 is 0. The SMILES string of the molecule is C(#CC1CCOCC1)c1ccc2ncnc(Nc3ccc(Oc4ccccc4)cc3)c2c1. The average molecular weight is 422 g/mol. The summed E-state index contributed by atoms with van der Waals surface area (Å²) in [6.07, 6.45) is 3.58. The Bertz CT molecular complexity index is 1260. The Hall–Kier alpha value is -3.88. The molecule has 1 N–H and O–H groups in total. The predicted molar refractivity (Wildman–Crippen MR) is 126 cm³/mol. The zero-order chi connectivity index (χ0) is 21.6. The van der Waals surface area contributed by atoms with Crippen molar-refractivity contribution in [3.05, 3.63) is 84.7 Å². The number of fused-ring (bicyclic) bond motifs is 1. The fourth-order valence-corrected chi connectivity index (χ4v) is 3.63. The van der Waals surface area contributed by atoms with Crippen LogP contribution >= 0.6 is 0 Å². The standard InChI is InChI=1S/C27H23N3O2/c1-2-4-23(5-3-1)32-24-11-9-22(10-12-24)30-27-25-18-21(8-13-26(25)28-19-29-27)7-6-20-14-16-31-17-15-20/h1-5,8-13,18-20H,14-17H2,(H,28,29,30). The lowest BCUT2D eigenvalue weighted by Gasteiger charge is -2.16. The van der Waals surface area contributed by atoms with Gasteiger partial charge in [-0.2, -0.15) is 0 Å². The summed E-state index contributed by atoms with van der Waals surface area (Å²) in [5.41, 5.74) is 2.76. The predicted octanol–water partition coefficient (Wildman–Crippen LogP) is 5.94. The van der Waals surface area contributed by atoms with Gasteiger partial charge in [-0.3, -0.25) is 0 Å². The van der Waals surface area contributed by atoms with Crippen LogP contribution in [-0.4, -0.2) is 23.2 Å². The van der Waals surface area contributed by atoms with Crippen molar-refractivity contribution in [2.24, 2.45) is 5.92 Å². The van der Waals surface area contributed by atoms with Crippen molar-refractivity contribution in [1.29, 1.82) is 0 Å². The maximum Gasteiger partial charge on any atom is 0.141 e. The molecule has 158 valence electrons. The van der Waals surface area contributed by atoms with Crippen LogP contribution in [0.5, 0.6) is 11.5 Å². The smallest absolute Gasteiger partial charge is 0.141 e. The van der Waals surface area contributed by atoms with Gasteiger partial charge in [0.05, 0.1) is 5.52 Å². The molecule has 0 atom stereocenters. The average Bonchev–Trinajstić information content (AvgIpc) is 2.85. The molecule has 1 fully saturated rings. The molecule has 0 amide bonds. The van der Waals surface area contributed by atoms with Crippen molar-refractivity contribution in [2.75, 3.05) is 18.5 Å². The van der Waals surface area contributed by atoms with Crippen molar-refractivity contribution >= 4 is 22.4 Å². The summed E-state index contributed by atoms with van der Waals surface area (Å²) in [7, 11) is 0. The van der Waals surface area contributed by atoms with Gasteiger partial charge in [0.15, 0.2) is 0 Å². The zero-order valence-electron chi connectivity index (χ0n) is 17.6. The summed E-state index contributed by atoms with van der Waals surface area (Å²) in [5, 5.41) is 4.34. The summed E-state index contributed by atoms with van der Waals surface area (Å²) in [6.45, 7) is 1.60. The van der Waals surface area contributed by atoms with Crippen LogP contribution in [0.15, 0.2) is 79.1 Å². The molecular formula is C27H23N3O2. The summed E-state index contributed by atoms with van der Waals surface area (Å²) in [4.78, 5) is 8.86. The van der Waals surface area contributed by atoms with E-state index in [9.17, 15) is 0 Å². The minimum absolute atomic E-state index is 0.403. The zero-order valence-corrected chi connectivity index (χ0v) is 17.6. The van der Waals surface area contributed by atoms with Gasteiger partial charge in [0.2, 0.25) is 0 Å². The molecule has 1 aliphatic heterocycles. The number of benzene rings is 3. The fraction of sp³-hybridized carbons (Fsp3) is 0.185. The number of nitrogens with zero attached hydrogens (tertiary/aromatic N) is 2. The van der Waals surface area contributed by atoms with Crippen molar-refractivity contribution in [3.63, 3.8) is 0 Å². The van der Waals surface area contributed by atoms with Gasteiger partial charge in [0, 0.05) is 35.8 Å². The first-order chi connectivity index (χ1) is 15.8. The normalized spacial score (nSPS) is 13.9. The Balaban J connectivity index is 1.35. The molecule has 5 nitrogen and oxygen atoms in total. The fourth-order valence-electron chi connectivity index (χ4n) is 3.63. The van der Waals surface area contributed by atoms with Crippen LogP contribution in [0.4, 0.5) is 11.5 Å². The lowest BCUT2D eigenvalue weighted by Crippen LogP contribution is -2.13. The number of rotatable bonds is 4. The van der Waals surface area contributed by atoms with Crippen LogP contribution in [0, 0.1) is 17.8 Å². The highest BCUT2D eigenvalue weighted by Gasteiger charge is 2.10. The first kappa shape index (κ1) is 20.0. The molecule has 0 radical (unpaired) electrons. The quantitative estimate of drug-likeness (QED) is 0.413. The van der Waals surface area contributed by atoms with Crippen LogP contribution in [0.25, 0.3) is 10.9 Å². The van der Waals surface area contributed by atoms with E-state index in [1.807, 2.05) is 66.7 Å². The minimum Gasteiger partial charge on any atom is -0.457 e. The topological polar surface area (TPSA) is 56.3 Å². The van der Waals surface area contributed by atoms with E-state index in [4.69, 9.17) is 9.47 Å². The Kier molecular flexibility index (Phi) is 5.95. The third kappa shape index (κ3) is 4.88. The van der Waals surface area contributed by atoms with E-state index in [0.29, 0.717) is 5.92 Å². The molecule has 32 heavy (non-hydrogen) atoms. The molecule has 0 bridgehead atoms. The molecule has 0 unspecified atom stereocenters. The summed E-state index contributed by atoms with van der Waals surface area (Å²) in [6, 6.07) is 23.6. The van der Waals surface area contributed by atoms with E-state index in [1.165, 1.54) is 0 Å². The van der Waals surface area contributed by atoms with E-state index >= 15 is 0 Å². The van der Waals surface area contributed by atoms with Gasteiger partial charge >= 0.3 is 0 Å². The molecule has 1 aromatic heterocycles. The van der Waals surface area contributed by atoms with E-state index < -0.39 is 0 Å². The van der Waals surface area contributed by atoms with Gasteiger partial charge in [0.1, 0.15) is 23.6 Å². The molecule has 0 aliphatic carbocycles. The lowest BCUT2D eigenvalue weighted by atomic mass is 10.0. The number of hydrogen-bond donors (Lipinski definition) is 1. The van der Waals surface area contributed by atoms with Crippen LogP contribution in [0.3, 0.4) is 0 Å². The monoisotopic (exact) mass is 421 g/mol. The van der Waals surface area contributed by atoms with Gasteiger partial charge in [-0.1, -0.05) is 30.0 Å². The van der Waals surface area contributed by atoms with Crippen LogP contribution < -0.4 is 10.1 Å². The van der Waals surface area contributed by atoms with E-state index in [1.54, 1.807) is 6.33 Å². The van der Waals surface area contributed by atoms with Crippen LogP contribution in [0.1, 0.15) is 18.4 Å². The maximum absolute atomic E-state index is 5.87. The molecule has 5 heteroatoms. The molecule has 1 saturated heterocycles. The highest BCUT2D eigenvalue weighted by molar-refractivity contribution is 5.91. The summed E-state index contributed by atoms with van der Waals surface area (Å²) < 4.78 is 11.3. The number of para-hydroxylation sites is 1. The highest BCUT2D eigenvalue weighted by atomic mass is 16.5. The van der Waals surface area contributed by atoms with Gasteiger partial charge in [-0.25, -0.2) is 9.97 Å². The second kappa shape index (κ2) is 9.51. The number of ether oxygens (including phenoxy) is 2. The number of nitrogens with one attached hydrogen (secondary N) is 1. The summed E-state index contributed by atoms with van der Waals surface area (Å²) in [5.74, 6) is 9.46. The largest absolute Gasteiger partial charge is 0.457 e. The molecule has 5 rings (SSSR count). The van der Waals surface area contributed by atoms with Gasteiger partial charge in [-0.05, 0) is 67.4 Å². The van der Waals surface area contributed by atoms with Crippen molar-refractivity contribution in [1.82, 2.24) is 9.97 Å². The van der Waals surface area contributed by atoms with Crippen molar-refractivity contribution in [3.8, 4) is 23.3 Å². The first-order valence-electron chi connectivity index (χ1n) is 10.8. The Morgan fingerprint density at radius 3 is 2.47 bits per heavy atom. The number of hydrogen-bond acceptors (Lipinski definition) is 5. The van der Waals surface area contributed by atoms with E-state index in [2.05, 4.69) is 33.2 Å². The van der Waals surface area contributed by atoms with Crippen LogP contribution in [-0.2, 0) is 4.74 Å². The second-order valence-electron chi connectivity index (χ2n) is 7.67. The van der Waals surface area contributed by atoms with Crippen LogP contribution in [0.2, 0.25) is 0 Å². The van der Waals surface area contributed by atoms with E-state index in [-0.39, 0.29) is 0 Å². The third-order valence-corrected chi connectivity index (χ3v) is 5.37. The van der Waals surface area contributed by atoms with E-state index in [0.717, 1.165) is 65.5 Å². The Morgan fingerprint density at radius 1 is 0.875 bits per heavy atom. The van der Waals surface area contributed by atoms with Crippen molar-refractivity contribution in [2.45, 2.75) is 12.8 Å². The Labute approximate surface area is 187 Å². The Morgan fingerprint density at radius 2 is 1.66 bits per heavy atom.